The van der Waals surface area contributed by atoms with E-state index in [-0.39, 0.29) is 5.69 Å². The van der Waals surface area contributed by atoms with Crippen molar-refractivity contribution >= 4 is 11.3 Å². The predicted molar refractivity (Wildman–Crippen MR) is 78.0 cm³/mol. The predicted octanol–water partition coefficient (Wildman–Crippen LogP) is 1.55. The average molecular weight is 293 g/mol. The van der Waals surface area contributed by atoms with Crippen molar-refractivity contribution in [2.45, 2.75) is 39.2 Å². The minimum absolute atomic E-state index is 0.217. The number of aromatic amines is 2. The summed E-state index contributed by atoms with van der Waals surface area (Å²) in [5.41, 5.74) is 0.925. The molecule has 1 unspecified atom stereocenters. The molecule has 0 spiro atoms. The fourth-order valence-corrected chi connectivity index (χ4v) is 3.80. The normalized spacial score (nSPS) is 20.4. The third-order valence-electron chi connectivity index (χ3n) is 3.78. The number of likely N-dealkylation sites (tertiary alicyclic amines) is 1. The molecule has 2 aromatic heterocycles. The Morgan fingerprint density at radius 1 is 1.45 bits per heavy atom. The standard InChI is InChI=1S/C13H19N5OS/c1-8-11(20-9(2)14-8)7-18-5-3-4-10(6-18)12-15-13(19)17-16-12/h10H,3-7H2,1-2H3,(H2,15,16,17,19). The molecule has 0 aliphatic carbocycles. The summed E-state index contributed by atoms with van der Waals surface area (Å²) in [6, 6.07) is 0. The monoisotopic (exact) mass is 293 g/mol. The lowest BCUT2D eigenvalue weighted by Gasteiger charge is -2.31. The molecule has 2 aromatic rings. The Bertz CT molecular complexity index is 643. The van der Waals surface area contributed by atoms with E-state index in [1.807, 2.05) is 0 Å². The van der Waals surface area contributed by atoms with Crippen LogP contribution < -0.4 is 5.69 Å². The van der Waals surface area contributed by atoms with Crippen molar-refractivity contribution in [2.24, 2.45) is 0 Å². The fourth-order valence-electron chi connectivity index (χ4n) is 2.82. The summed E-state index contributed by atoms with van der Waals surface area (Å²) < 4.78 is 0. The average Bonchev–Trinajstić information content (AvgIpc) is 2.97. The van der Waals surface area contributed by atoms with E-state index in [9.17, 15) is 4.79 Å². The van der Waals surface area contributed by atoms with Crippen LogP contribution in [0.3, 0.4) is 0 Å². The Balaban J connectivity index is 1.69. The van der Waals surface area contributed by atoms with Gasteiger partial charge in [0.05, 0.1) is 10.7 Å². The van der Waals surface area contributed by atoms with Gasteiger partial charge >= 0.3 is 5.69 Å². The maximum atomic E-state index is 11.2. The van der Waals surface area contributed by atoms with Crippen molar-refractivity contribution in [2.75, 3.05) is 13.1 Å². The molecular formula is C13H19N5OS. The number of hydrogen-bond acceptors (Lipinski definition) is 5. The molecule has 2 N–H and O–H groups in total. The zero-order valence-corrected chi connectivity index (χ0v) is 12.6. The van der Waals surface area contributed by atoms with Gasteiger partial charge < -0.3 is 0 Å². The first-order valence-corrected chi connectivity index (χ1v) is 7.73. The number of nitrogens with zero attached hydrogens (tertiary/aromatic N) is 3. The van der Waals surface area contributed by atoms with E-state index in [2.05, 4.69) is 38.9 Å². The van der Waals surface area contributed by atoms with Crippen LogP contribution in [0.2, 0.25) is 0 Å². The van der Waals surface area contributed by atoms with Crippen molar-refractivity contribution in [3.8, 4) is 0 Å². The molecule has 7 heteroatoms. The lowest BCUT2D eigenvalue weighted by Crippen LogP contribution is -2.34. The highest BCUT2D eigenvalue weighted by atomic mass is 32.1. The first-order valence-electron chi connectivity index (χ1n) is 6.91. The van der Waals surface area contributed by atoms with Crippen LogP contribution in [-0.4, -0.2) is 38.2 Å². The number of aromatic nitrogens is 4. The molecule has 1 aliphatic rings. The van der Waals surface area contributed by atoms with Crippen LogP contribution in [0.5, 0.6) is 0 Å². The van der Waals surface area contributed by atoms with Gasteiger partial charge in [0.15, 0.2) is 0 Å². The van der Waals surface area contributed by atoms with Crippen LogP contribution in [0, 0.1) is 13.8 Å². The molecule has 20 heavy (non-hydrogen) atoms. The summed E-state index contributed by atoms with van der Waals surface area (Å²) in [4.78, 5) is 22.2. The second-order valence-corrected chi connectivity index (χ2v) is 6.67. The van der Waals surface area contributed by atoms with E-state index >= 15 is 0 Å². The zero-order chi connectivity index (χ0) is 14.1. The van der Waals surface area contributed by atoms with Crippen LogP contribution in [0.25, 0.3) is 0 Å². The van der Waals surface area contributed by atoms with Gasteiger partial charge in [0.2, 0.25) is 0 Å². The van der Waals surface area contributed by atoms with Crippen LogP contribution >= 0.6 is 11.3 Å². The first kappa shape index (κ1) is 13.5. The van der Waals surface area contributed by atoms with Crippen LogP contribution in [0.4, 0.5) is 0 Å². The number of piperidine rings is 1. The Kier molecular flexibility index (Phi) is 3.71. The molecule has 3 heterocycles. The molecule has 1 atom stereocenters. The molecule has 1 aliphatic heterocycles. The number of thiazole rings is 1. The summed E-state index contributed by atoms with van der Waals surface area (Å²) in [5, 5.41) is 7.66. The molecule has 0 amide bonds. The van der Waals surface area contributed by atoms with Gasteiger partial charge in [-0.2, -0.15) is 5.10 Å². The minimum Gasteiger partial charge on any atom is -0.297 e. The third kappa shape index (κ3) is 2.83. The van der Waals surface area contributed by atoms with Gasteiger partial charge in [-0.1, -0.05) is 0 Å². The number of H-pyrrole nitrogens is 2. The minimum atomic E-state index is -0.217. The van der Waals surface area contributed by atoms with Gasteiger partial charge in [-0.05, 0) is 33.2 Å². The van der Waals surface area contributed by atoms with E-state index in [0.717, 1.165) is 49.0 Å². The molecule has 1 fully saturated rings. The van der Waals surface area contributed by atoms with Crippen LogP contribution in [0.15, 0.2) is 4.79 Å². The maximum absolute atomic E-state index is 11.2. The van der Waals surface area contributed by atoms with Gasteiger partial charge in [-0.25, -0.2) is 14.9 Å². The quantitative estimate of drug-likeness (QED) is 0.900. The molecule has 0 aromatic carbocycles. The highest BCUT2D eigenvalue weighted by Crippen LogP contribution is 2.26. The van der Waals surface area contributed by atoms with Crippen molar-refractivity contribution in [3.63, 3.8) is 0 Å². The lowest BCUT2D eigenvalue weighted by molar-refractivity contribution is 0.198. The zero-order valence-electron chi connectivity index (χ0n) is 11.8. The Hall–Kier alpha value is -1.47. The second-order valence-electron chi connectivity index (χ2n) is 5.38. The molecule has 3 rings (SSSR count). The lowest BCUT2D eigenvalue weighted by atomic mass is 9.97. The fraction of sp³-hybridized carbons (Fsp3) is 0.615. The molecule has 0 bridgehead atoms. The van der Waals surface area contributed by atoms with E-state index in [1.54, 1.807) is 11.3 Å². The van der Waals surface area contributed by atoms with Crippen molar-refractivity contribution < 1.29 is 0 Å². The van der Waals surface area contributed by atoms with Gasteiger partial charge in [-0.15, -0.1) is 11.3 Å². The second kappa shape index (κ2) is 5.49. The number of aryl methyl sites for hydroxylation is 2. The topological polar surface area (TPSA) is 77.7 Å². The Morgan fingerprint density at radius 3 is 2.95 bits per heavy atom. The maximum Gasteiger partial charge on any atom is 0.340 e. The summed E-state index contributed by atoms with van der Waals surface area (Å²) in [7, 11) is 0. The summed E-state index contributed by atoms with van der Waals surface area (Å²) in [6.07, 6.45) is 2.22. The van der Waals surface area contributed by atoms with E-state index < -0.39 is 0 Å². The number of rotatable bonds is 3. The highest BCUT2D eigenvalue weighted by molar-refractivity contribution is 7.11. The largest absolute Gasteiger partial charge is 0.340 e. The molecule has 108 valence electrons. The Morgan fingerprint density at radius 2 is 2.30 bits per heavy atom. The molecule has 1 saturated heterocycles. The Labute approximate surface area is 121 Å². The number of hydrogen-bond donors (Lipinski definition) is 2. The van der Waals surface area contributed by atoms with Gasteiger partial charge in [0, 0.05) is 23.9 Å². The molecule has 0 radical (unpaired) electrons. The third-order valence-corrected chi connectivity index (χ3v) is 4.84. The first-order chi connectivity index (χ1) is 9.61. The van der Waals surface area contributed by atoms with E-state index in [1.165, 1.54) is 4.88 Å². The van der Waals surface area contributed by atoms with Crippen molar-refractivity contribution in [1.29, 1.82) is 0 Å². The molecule has 0 saturated carbocycles. The van der Waals surface area contributed by atoms with Gasteiger partial charge in [0.25, 0.3) is 0 Å². The molecule has 6 nitrogen and oxygen atoms in total. The van der Waals surface area contributed by atoms with Gasteiger partial charge in [0.1, 0.15) is 5.82 Å². The number of nitrogens with one attached hydrogen (secondary N) is 2. The smallest absolute Gasteiger partial charge is 0.297 e. The summed E-state index contributed by atoms with van der Waals surface area (Å²) in [5.74, 6) is 1.11. The summed E-state index contributed by atoms with van der Waals surface area (Å²) >= 11 is 1.78. The SMILES string of the molecule is Cc1nc(C)c(CN2CCCC(c3n[nH]c(=O)[nH]3)C2)s1. The van der Waals surface area contributed by atoms with E-state index in [0.29, 0.717) is 5.92 Å². The van der Waals surface area contributed by atoms with Crippen LogP contribution in [-0.2, 0) is 6.54 Å². The van der Waals surface area contributed by atoms with Crippen molar-refractivity contribution in [3.05, 3.63) is 31.9 Å². The van der Waals surface area contributed by atoms with E-state index in [4.69, 9.17) is 0 Å². The van der Waals surface area contributed by atoms with Crippen molar-refractivity contribution in [1.82, 2.24) is 25.1 Å². The highest BCUT2D eigenvalue weighted by Gasteiger charge is 2.24. The van der Waals surface area contributed by atoms with Crippen LogP contribution in [0.1, 0.15) is 40.2 Å². The van der Waals surface area contributed by atoms with Gasteiger partial charge in [-0.3, -0.25) is 9.88 Å². The molecular weight excluding hydrogens is 274 g/mol. The summed E-state index contributed by atoms with van der Waals surface area (Å²) in [6.45, 7) is 7.11.